The normalized spacial score (nSPS) is 14.3. The number of carbonyl (C=O) groups is 1. The number of hydrogen-bond acceptors (Lipinski definition) is 4. The van der Waals surface area contributed by atoms with Crippen molar-refractivity contribution in [3.8, 4) is 0 Å². The van der Waals surface area contributed by atoms with Gasteiger partial charge in [0.15, 0.2) is 0 Å². The Balaban J connectivity index is 1.40. The van der Waals surface area contributed by atoms with Gasteiger partial charge in [-0.3, -0.25) is 19.6 Å². The molecule has 1 aliphatic carbocycles. The van der Waals surface area contributed by atoms with Crippen LogP contribution in [0.2, 0.25) is 0 Å². The molecule has 1 heterocycles. The van der Waals surface area contributed by atoms with Crippen LogP contribution in [0.15, 0.2) is 54.6 Å². The van der Waals surface area contributed by atoms with E-state index in [9.17, 15) is 14.9 Å². The lowest BCUT2D eigenvalue weighted by Gasteiger charge is -2.16. The van der Waals surface area contributed by atoms with Gasteiger partial charge in [0, 0.05) is 17.5 Å². The summed E-state index contributed by atoms with van der Waals surface area (Å²) in [5.74, 6) is -0.0921. The second-order valence-electron chi connectivity index (χ2n) is 7.96. The molecule has 4 rings (SSSR count). The molecule has 0 spiro atoms. The minimum absolute atomic E-state index is 0.0541. The number of aromatic nitrogens is 2. The average Bonchev–Trinajstić information content (AvgIpc) is 3.48. The van der Waals surface area contributed by atoms with E-state index in [-0.39, 0.29) is 17.0 Å². The van der Waals surface area contributed by atoms with Gasteiger partial charge in [0.25, 0.3) is 5.91 Å². The molecule has 0 radical (unpaired) electrons. The van der Waals surface area contributed by atoms with E-state index in [0.717, 1.165) is 18.4 Å². The standard InChI is InChI=1S/C23H24N4O3/c1-16-21(27(29)30)17(2)26(25-16)14-18-8-10-19(11-9-18)22(28)24-15-23(12-13-23)20-6-4-3-5-7-20/h3-11H,12-15H2,1-2H3,(H,24,28). The van der Waals surface area contributed by atoms with Gasteiger partial charge < -0.3 is 5.32 Å². The minimum Gasteiger partial charge on any atom is -0.351 e. The van der Waals surface area contributed by atoms with Crippen LogP contribution in [0.3, 0.4) is 0 Å². The summed E-state index contributed by atoms with van der Waals surface area (Å²) in [4.78, 5) is 23.4. The molecule has 0 saturated heterocycles. The zero-order chi connectivity index (χ0) is 21.3. The maximum Gasteiger partial charge on any atom is 0.312 e. The van der Waals surface area contributed by atoms with Crippen LogP contribution < -0.4 is 5.32 Å². The van der Waals surface area contributed by atoms with Gasteiger partial charge in [0.05, 0.1) is 11.5 Å². The van der Waals surface area contributed by atoms with Gasteiger partial charge in [-0.1, -0.05) is 42.5 Å². The molecule has 3 aromatic rings. The number of nitro groups is 1. The fourth-order valence-corrected chi connectivity index (χ4v) is 3.90. The second kappa shape index (κ2) is 7.74. The molecule has 1 saturated carbocycles. The molecular weight excluding hydrogens is 380 g/mol. The molecule has 1 amide bonds. The van der Waals surface area contributed by atoms with E-state index >= 15 is 0 Å². The third-order valence-corrected chi connectivity index (χ3v) is 5.90. The molecule has 1 aliphatic rings. The number of hydrogen-bond donors (Lipinski definition) is 1. The average molecular weight is 404 g/mol. The van der Waals surface area contributed by atoms with Gasteiger partial charge in [0.2, 0.25) is 0 Å². The lowest BCUT2D eigenvalue weighted by Crippen LogP contribution is -2.32. The van der Waals surface area contributed by atoms with Crippen LogP contribution in [0.1, 0.15) is 45.7 Å². The van der Waals surface area contributed by atoms with Crippen LogP contribution in [0.5, 0.6) is 0 Å². The molecule has 0 atom stereocenters. The van der Waals surface area contributed by atoms with Crippen molar-refractivity contribution in [2.45, 2.75) is 38.6 Å². The van der Waals surface area contributed by atoms with Crippen molar-refractivity contribution in [1.29, 1.82) is 0 Å². The monoisotopic (exact) mass is 404 g/mol. The largest absolute Gasteiger partial charge is 0.351 e. The fourth-order valence-electron chi connectivity index (χ4n) is 3.90. The quantitative estimate of drug-likeness (QED) is 0.477. The van der Waals surface area contributed by atoms with E-state index in [2.05, 4.69) is 22.5 Å². The smallest absolute Gasteiger partial charge is 0.312 e. The van der Waals surface area contributed by atoms with Crippen molar-refractivity contribution in [2.24, 2.45) is 0 Å². The highest BCUT2D eigenvalue weighted by Gasteiger charge is 2.44. The highest BCUT2D eigenvalue weighted by Crippen LogP contribution is 2.47. The summed E-state index contributed by atoms with van der Waals surface area (Å²) in [5, 5.41) is 18.5. The molecular formula is C23H24N4O3. The molecule has 0 aliphatic heterocycles. The van der Waals surface area contributed by atoms with Crippen molar-refractivity contribution in [3.05, 3.63) is 92.8 Å². The Morgan fingerprint density at radius 2 is 1.80 bits per heavy atom. The van der Waals surface area contributed by atoms with Gasteiger partial charge >= 0.3 is 5.69 Å². The number of nitrogens with one attached hydrogen (secondary N) is 1. The van der Waals surface area contributed by atoms with E-state index in [1.54, 1.807) is 30.7 Å². The maximum atomic E-state index is 12.6. The lowest BCUT2D eigenvalue weighted by molar-refractivity contribution is -0.386. The molecule has 154 valence electrons. The van der Waals surface area contributed by atoms with E-state index in [1.165, 1.54) is 5.56 Å². The van der Waals surface area contributed by atoms with Crippen molar-refractivity contribution in [1.82, 2.24) is 15.1 Å². The first kappa shape index (κ1) is 19.8. The number of amides is 1. The summed E-state index contributed by atoms with van der Waals surface area (Å²) in [6.07, 6.45) is 2.18. The van der Waals surface area contributed by atoms with Crippen LogP contribution in [0.25, 0.3) is 0 Å². The highest BCUT2D eigenvalue weighted by atomic mass is 16.6. The molecule has 1 fully saturated rings. The Kier molecular flexibility index (Phi) is 5.11. The van der Waals surface area contributed by atoms with Crippen LogP contribution >= 0.6 is 0 Å². The number of rotatable bonds is 7. The van der Waals surface area contributed by atoms with Crippen molar-refractivity contribution < 1.29 is 9.72 Å². The predicted octanol–water partition coefficient (Wildman–Crippen LogP) is 3.92. The van der Waals surface area contributed by atoms with E-state index < -0.39 is 4.92 Å². The lowest BCUT2D eigenvalue weighted by atomic mass is 9.96. The molecule has 0 unspecified atom stereocenters. The van der Waals surface area contributed by atoms with E-state index in [1.807, 2.05) is 30.3 Å². The molecule has 1 aromatic heterocycles. The summed E-state index contributed by atoms with van der Waals surface area (Å²) < 4.78 is 1.62. The minimum atomic E-state index is -0.399. The Morgan fingerprint density at radius 1 is 1.13 bits per heavy atom. The summed E-state index contributed by atoms with van der Waals surface area (Å²) in [7, 11) is 0. The first-order valence-electron chi connectivity index (χ1n) is 10.0. The third kappa shape index (κ3) is 3.83. The van der Waals surface area contributed by atoms with Crippen molar-refractivity contribution >= 4 is 11.6 Å². The fraction of sp³-hybridized carbons (Fsp3) is 0.304. The molecule has 7 heteroatoms. The van der Waals surface area contributed by atoms with Gasteiger partial charge in [-0.05, 0) is 49.9 Å². The van der Waals surface area contributed by atoms with Crippen LogP contribution in [0, 0.1) is 24.0 Å². The highest BCUT2D eigenvalue weighted by molar-refractivity contribution is 5.94. The van der Waals surface area contributed by atoms with E-state index in [0.29, 0.717) is 30.0 Å². The van der Waals surface area contributed by atoms with Crippen LogP contribution in [-0.2, 0) is 12.0 Å². The second-order valence-corrected chi connectivity index (χ2v) is 7.96. The Labute approximate surface area is 174 Å². The Hall–Kier alpha value is -3.48. The summed E-state index contributed by atoms with van der Waals surface area (Å²) in [6, 6.07) is 17.6. The third-order valence-electron chi connectivity index (χ3n) is 5.90. The Morgan fingerprint density at radius 3 is 2.37 bits per heavy atom. The predicted molar refractivity (Wildman–Crippen MR) is 114 cm³/mol. The number of aryl methyl sites for hydroxylation is 1. The van der Waals surface area contributed by atoms with Gasteiger partial charge in [-0.15, -0.1) is 0 Å². The van der Waals surface area contributed by atoms with Gasteiger partial charge in [-0.25, -0.2) is 0 Å². The van der Waals surface area contributed by atoms with Crippen molar-refractivity contribution in [3.63, 3.8) is 0 Å². The molecule has 7 nitrogen and oxygen atoms in total. The maximum absolute atomic E-state index is 12.6. The molecule has 0 bridgehead atoms. The summed E-state index contributed by atoms with van der Waals surface area (Å²) >= 11 is 0. The van der Waals surface area contributed by atoms with Crippen LogP contribution in [-0.4, -0.2) is 27.2 Å². The first-order valence-corrected chi connectivity index (χ1v) is 10.0. The zero-order valence-electron chi connectivity index (χ0n) is 17.1. The SMILES string of the molecule is Cc1nn(Cc2ccc(C(=O)NCC3(c4ccccc4)CC3)cc2)c(C)c1[N+](=O)[O-]. The van der Waals surface area contributed by atoms with Crippen LogP contribution in [0.4, 0.5) is 5.69 Å². The Bertz CT molecular complexity index is 1080. The molecule has 2 aromatic carbocycles. The zero-order valence-corrected chi connectivity index (χ0v) is 17.1. The summed E-state index contributed by atoms with van der Waals surface area (Å²) in [5.41, 5.74) is 3.85. The van der Waals surface area contributed by atoms with Gasteiger partial charge in [-0.2, -0.15) is 5.10 Å². The van der Waals surface area contributed by atoms with E-state index in [4.69, 9.17) is 0 Å². The molecule has 1 N–H and O–H groups in total. The van der Waals surface area contributed by atoms with Crippen molar-refractivity contribution in [2.75, 3.05) is 6.54 Å². The van der Waals surface area contributed by atoms with Gasteiger partial charge in [0.1, 0.15) is 11.4 Å². The number of nitrogens with zero attached hydrogens (tertiary/aromatic N) is 3. The number of carbonyl (C=O) groups excluding carboxylic acids is 1. The first-order chi connectivity index (χ1) is 14.4. The topological polar surface area (TPSA) is 90.1 Å². The molecule has 30 heavy (non-hydrogen) atoms. The summed E-state index contributed by atoms with van der Waals surface area (Å²) in [6.45, 7) is 4.38. The number of benzene rings is 2.